The summed E-state index contributed by atoms with van der Waals surface area (Å²) >= 11 is 0. The lowest BCUT2D eigenvalue weighted by Crippen LogP contribution is -2.74. The highest BCUT2D eigenvalue weighted by Gasteiger charge is 2.82. The van der Waals surface area contributed by atoms with Gasteiger partial charge in [0.25, 0.3) is 11.5 Å². The molecule has 0 radical (unpaired) electrons. The van der Waals surface area contributed by atoms with E-state index in [-0.39, 0.29) is 19.8 Å². The maximum atomic E-state index is 14.5. The van der Waals surface area contributed by atoms with Gasteiger partial charge in [0.1, 0.15) is 0 Å². The van der Waals surface area contributed by atoms with E-state index >= 15 is 0 Å². The molecule has 0 aliphatic heterocycles. The summed E-state index contributed by atoms with van der Waals surface area (Å²) < 4.78 is 128. The second-order valence-corrected chi connectivity index (χ2v) is 9.04. The first-order valence-corrected chi connectivity index (χ1v) is 8.90. The van der Waals surface area contributed by atoms with Crippen molar-refractivity contribution in [3.8, 4) is 0 Å². The molecule has 3 atom stereocenters. The number of rotatable bonds is 4. The molecule has 4 rings (SSSR count). The maximum Gasteiger partial charge on any atom is 0.426 e. The molecule has 0 heterocycles. The topological polar surface area (TPSA) is 29.5 Å². The summed E-state index contributed by atoms with van der Waals surface area (Å²) in [4.78, 5) is 0. The third-order valence-corrected chi connectivity index (χ3v) is 6.79. The summed E-state index contributed by atoms with van der Waals surface area (Å²) in [6.45, 7) is 0.642. The first-order valence-electron chi connectivity index (χ1n) is 8.90. The SMILES string of the molecule is CC(F)(F)C(C)(F)OC12CC3CC(C1)CC(C(O)(C(F)(F)F)C(F)(F)F)(C3)C2. The molecular formula is C17H21F9O2. The van der Waals surface area contributed by atoms with Crippen LogP contribution in [0.3, 0.4) is 0 Å². The van der Waals surface area contributed by atoms with Crippen LogP contribution in [0.4, 0.5) is 39.5 Å². The van der Waals surface area contributed by atoms with Gasteiger partial charge in [0.2, 0.25) is 0 Å². The summed E-state index contributed by atoms with van der Waals surface area (Å²) in [6.07, 6.45) is -14.1. The van der Waals surface area contributed by atoms with E-state index in [9.17, 15) is 44.6 Å². The molecule has 0 aromatic heterocycles. The number of alkyl halides is 9. The zero-order chi connectivity index (χ0) is 21.6. The molecule has 28 heavy (non-hydrogen) atoms. The monoisotopic (exact) mass is 428 g/mol. The molecule has 1 N–H and O–H groups in total. The minimum atomic E-state index is -6.04. The van der Waals surface area contributed by atoms with Gasteiger partial charge in [0.15, 0.2) is 0 Å². The molecule has 0 spiro atoms. The van der Waals surface area contributed by atoms with Gasteiger partial charge in [0, 0.05) is 19.3 Å². The minimum Gasteiger partial charge on any atom is -0.373 e. The lowest BCUT2D eigenvalue weighted by Gasteiger charge is -2.66. The Bertz CT molecular complexity index is 604. The minimum absolute atomic E-state index is 0.118. The number of halogens is 9. The van der Waals surface area contributed by atoms with E-state index in [4.69, 9.17) is 4.74 Å². The van der Waals surface area contributed by atoms with E-state index in [0.717, 1.165) is 0 Å². The molecule has 0 amide bonds. The molecule has 4 aliphatic rings. The predicted octanol–water partition coefficient (Wildman–Crippen LogP) is 5.54. The summed E-state index contributed by atoms with van der Waals surface area (Å²) in [6, 6.07) is 0. The van der Waals surface area contributed by atoms with Crippen LogP contribution in [0.15, 0.2) is 0 Å². The first-order chi connectivity index (χ1) is 12.3. The Kier molecular flexibility index (Phi) is 4.48. The average Bonchev–Trinajstić information content (AvgIpc) is 2.39. The van der Waals surface area contributed by atoms with Crippen LogP contribution in [0.1, 0.15) is 52.4 Å². The molecule has 164 valence electrons. The summed E-state index contributed by atoms with van der Waals surface area (Å²) in [5.41, 5.74) is -9.65. The highest BCUT2D eigenvalue weighted by atomic mass is 19.4. The lowest BCUT2D eigenvalue weighted by atomic mass is 9.43. The maximum absolute atomic E-state index is 14.5. The third kappa shape index (κ3) is 2.94. The molecule has 4 aliphatic carbocycles. The van der Waals surface area contributed by atoms with E-state index in [1.807, 2.05) is 0 Å². The van der Waals surface area contributed by atoms with Gasteiger partial charge in [-0.2, -0.15) is 26.3 Å². The van der Waals surface area contributed by atoms with Gasteiger partial charge in [-0.15, -0.1) is 0 Å². The second-order valence-electron chi connectivity index (χ2n) is 9.04. The van der Waals surface area contributed by atoms with Gasteiger partial charge in [0.05, 0.1) is 5.60 Å². The van der Waals surface area contributed by atoms with Crippen LogP contribution >= 0.6 is 0 Å². The van der Waals surface area contributed by atoms with Gasteiger partial charge in [-0.25, -0.2) is 13.2 Å². The van der Waals surface area contributed by atoms with Crippen LogP contribution in [0.5, 0.6) is 0 Å². The van der Waals surface area contributed by atoms with Crippen LogP contribution in [0, 0.1) is 17.3 Å². The van der Waals surface area contributed by atoms with Gasteiger partial charge in [-0.3, -0.25) is 0 Å². The number of ether oxygens (including phenoxy) is 1. The Morgan fingerprint density at radius 2 is 1.21 bits per heavy atom. The van der Waals surface area contributed by atoms with Crippen molar-refractivity contribution in [2.75, 3.05) is 0 Å². The zero-order valence-electron chi connectivity index (χ0n) is 15.2. The van der Waals surface area contributed by atoms with Crippen molar-refractivity contribution in [3.05, 3.63) is 0 Å². The standard InChI is InChI=1S/C17H21F9O2/c1-11(18,19)12(2,20)28-14-6-9-3-10(7-14)5-13(4-9,8-14)15(27,16(21,22)23)17(24,25)26/h9-10,27H,3-8H2,1-2H3. The van der Waals surface area contributed by atoms with Crippen LogP contribution in [-0.2, 0) is 4.74 Å². The Morgan fingerprint density at radius 3 is 1.57 bits per heavy atom. The largest absolute Gasteiger partial charge is 0.426 e. The highest BCUT2D eigenvalue weighted by molar-refractivity contribution is 5.19. The van der Waals surface area contributed by atoms with Crippen molar-refractivity contribution in [1.82, 2.24) is 0 Å². The van der Waals surface area contributed by atoms with Crippen LogP contribution in [0.25, 0.3) is 0 Å². The fraction of sp³-hybridized carbons (Fsp3) is 1.00. The van der Waals surface area contributed by atoms with Gasteiger partial charge < -0.3 is 9.84 Å². The first kappa shape index (κ1) is 22.0. The lowest BCUT2D eigenvalue weighted by molar-refractivity contribution is -0.430. The van der Waals surface area contributed by atoms with Gasteiger partial charge in [-0.05, 0) is 50.4 Å². The Hall–Kier alpha value is -0.710. The normalized spacial score (nSPS) is 38.6. The fourth-order valence-electron chi connectivity index (χ4n) is 5.98. The smallest absolute Gasteiger partial charge is 0.373 e. The van der Waals surface area contributed by atoms with Crippen molar-refractivity contribution in [1.29, 1.82) is 0 Å². The van der Waals surface area contributed by atoms with Gasteiger partial charge in [-0.1, -0.05) is 0 Å². The summed E-state index contributed by atoms with van der Waals surface area (Å²) in [5, 5.41) is 10.1. The molecule has 4 bridgehead atoms. The van der Waals surface area contributed by atoms with Crippen LogP contribution in [-0.4, -0.2) is 40.4 Å². The number of hydrogen-bond acceptors (Lipinski definition) is 2. The Labute approximate surface area is 155 Å². The van der Waals surface area contributed by atoms with Gasteiger partial charge >= 0.3 is 18.3 Å². The molecule has 4 saturated carbocycles. The molecule has 11 heteroatoms. The van der Waals surface area contributed by atoms with Crippen molar-refractivity contribution < 1.29 is 49.4 Å². The third-order valence-electron chi connectivity index (χ3n) is 6.79. The van der Waals surface area contributed by atoms with Crippen LogP contribution < -0.4 is 0 Å². The quantitative estimate of drug-likeness (QED) is 0.596. The molecule has 0 aromatic carbocycles. The predicted molar refractivity (Wildman–Crippen MR) is 78.1 cm³/mol. The summed E-state index contributed by atoms with van der Waals surface area (Å²) in [5.74, 6) is -9.01. The highest BCUT2D eigenvalue weighted by Crippen LogP contribution is 2.71. The fourth-order valence-corrected chi connectivity index (χ4v) is 5.98. The van der Waals surface area contributed by atoms with Crippen molar-refractivity contribution in [2.45, 2.75) is 87.7 Å². The Morgan fingerprint density at radius 1 is 0.786 bits per heavy atom. The van der Waals surface area contributed by atoms with E-state index in [2.05, 4.69) is 0 Å². The number of hydrogen-bond donors (Lipinski definition) is 1. The summed E-state index contributed by atoms with van der Waals surface area (Å²) in [7, 11) is 0. The van der Waals surface area contributed by atoms with Crippen molar-refractivity contribution in [2.24, 2.45) is 17.3 Å². The molecule has 4 fully saturated rings. The van der Waals surface area contributed by atoms with Crippen LogP contribution in [0.2, 0.25) is 0 Å². The second kappa shape index (κ2) is 5.70. The molecule has 2 nitrogen and oxygen atoms in total. The Balaban J connectivity index is 2.07. The zero-order valence-corrected chi connectivity index (χ0v) is 15.2. The van der Waals surface area contributed by atoms with E-state index in [0.29, 0.717) is 13.3 Å². The molecule has 3 unspecified atom stereocenters. The molecular weight excluding hydrogens is 407 g/mol. The number of aliphatic hydroxyl groups is 1. The van der Waals surface area contributed by atoms with E-state index in [1.165, 1.54) is 0 Å². The molecule has 0 saturated heterocycles. The van der Waals surface area contributed by atoms with Crippen molar-refractivity contribution >= 4 is 0 Å². The van der Waals surface area contributed by atoms with E-state index < -0.39 is 71.8 Å². The van der Waals surface area contributed by atoms with E-state index in [1.54, 1.807) is 0 Å². The molecule has 0 aromatic rings. The average molecular weight is 428 g/mol. The van der Waals surface area contributed by atoms with Crippen molar-refractivity contribution in [3.63, 3.8) is 0 Å².